The third-order valence-corrected chi connectivity index (χ3v) is 7.47. The number of halogens is 5. The number of alkyl halides is 3. The number of hydrogen-bond donors (Lipinski definition) is 1. The van der Waals surface area contributed by atoms with Crippen molar-refractivity contribution in [2.24, 2.45) is 0 Å². The smallest absolute Gasteiger partial charge is 0.321 e. The standard InChI is InChI=1S/C19H12Cl2F3NO3S2/c20-14-2-1-3-15(21)13(14)10-30(27,28)16-8-9-29-17(16)18(26)25-12-6-4-11(5-7-12)19(22,23)24/h1-9H,10H2,(H,25,26). The molecule has 0 saturated carbocycles. The maximum absolute atomic E-state index is 12.9. The minimum Gasteiger partial charge on any atom is -0.321 e. The Bertz CT molecular complexity index is 1170. The number of amides is 1. The number of rotatable bonds is 5. The molecule has 0 aliphatic carbocycles. The minimum atomic E-state index is -4.50. The van der Waals surface area contributed by atoms with Crippen molar-refractivity contribution in [2.45, 2.75) is 16.8 Å². The first-order valence-corrected chi connectivity index (χ1v) is 11.5. The number of carbonyl (C=O) groups is 1. The highest BCUT2D eigenvalue weighted by Gasteiger charge is 2.30. The van der Waals surface area contributed by atoms with Gasteiger partial charge in [-0.25, -0.2) is 8.42 Å². The second kappa shape index (κ2) is 8.58. The highest BCUT2D eigenvalue weighted by atomic mass is 35.5. The summed E-state index contributed by atoms with van der Waals surface area (Å²) < 4.78 is 63.7. The molecule has 0 aliphatic rings. The number of anilines is 1. The van der Waals surface area contributed by atoms with Crippen LogP contribution < -0.4 is 5.32 Å². The summed E-state index contributed by atoms with van der Waals surface area (Å²) in [6.07, 6.45) is -4.50. The number of thiophene rings is 1. The monoisotopic (exact) mass is 493 g/mol. The molecule has 11 heteroatoms. The first-order chi connectivity index (χ1) is 14.0. The number of benzene rings is 2. The van der Waals surface area contributed by atoms with E-state index in [0.717, 1.165) is 35.6 Å². The molecule has 0 aliphatic heterocycles. The predicted octanol–water partition coefficient (Wildman–Crippen LogP) is 6.30. The first kappa shape index (κ1) is 22.6. The molecule has 158 valence electrons. The van der Waals surface area contributed by atoms with Gasteiger partial charge in [0, 0.05) is 21.3 Å². The van der Waals surface area contributed by atoms with Crippen molar-refractivity contribution in [1.82, 2.24) is 0 Å². The van der Waals surface area contributed by atoms with Gasteiger partial charge in [-0.1, -0.05) is 29.3 Å². The number of hydrogen-bond acceptors (Lipinski definition) is 4. The van der Waals surface area contributed by atoms with Crippen molar-refractivity contribution in [3.63, 3.8) is 0 Å². The van der Waals surface area contributed by atoms with Crippen molar-refractivity contribution in [2.75, 3.05) is 5.32 Å². The molecule has 0 radical (unpaired) electrons. The zero-order valence-electron chi connectivity index (χ0n) is 14.8. The molecule has 3 rings (SSSR count). The van der Waals surface area contributed by atoms with Gasteiger partial charge in [0.05, 0.1) is 16.2 Å². The molecule has 0 fully saturated rings. The van der Waals surface area contributed by atoms with Crippen LogP contribution in [0, 0.1) is 0 Å². The molecule has 3 aromatic rings. The van der Waals surface area contributed by atoms with Crippen LogP contribution in [0.5, 0.6) is 0 Å². The summed E-state index contributed by atoms with van der Waals surface area (Å²) in [5.41, 5.74) is -0.559. The van der Waals surface area contributed by atoms with Gasteiger partial charge < -0.3 is 5.32 Å². The van der Waals surface area contributed by atoms with Gasteiger partial charge in [0.1, 0.15) is 4.88 Å². The number of sulfone groups is 1. The van der Waals surface area contributed by atoms with Crippen LogP contribution in [0.1, 0.15) is 20.8 Å². The van der Waals surface area contributed by atoms with Crippen LogP contribution >= 0.6 is 34.5 Å². The Kier molecular flexibility index (Phi) is 6.47. The van der Waals surface area contributed by atoms with Gasteiger partial charge in [-0.05, 0) is 47.8 Å². The van der Waals surface area contributed by atoms with E-state index in [4.69, 9.17) is 23.2 Å². The molecule has 1 aromatic heterocycles. The highest BCUT2D eigenvalue weighted by molar-refractivity contribution is 7.91. The molecule has 0 unspecified atom stereocenters. The fraction of sp³-hybridized carbons (Fsp3) is 0.105. The molecule has 4 nitrogen and oxygen atoms in total. The maximum atomic E-state index is 12.9. The van der Waals surface area contributed by atoms with Gasteiger partial charge in [-0.2, -0.15) is 13.2 Å². The van der Waals surface area contributed by atoms with E-state index in [1.165, 1.54) is 23.6 Å². The third kappa shape index (κ3) is 4.97. The van der Waals surface area contributed by atoms with Crippen molar-refractivity contribution in [1.29, 1.82) is 0 Å². The van der Waals surface area contributed by atoms with E-state index >= 15 is 0 Å². The van der Waals surface area contributed by atoms with E-state index in [-0.39, 0.29) is 31.1 Å². The molecule has 2 aromatic carbocycles. The molecule has 0 saturated heterocycles. The number of carbonyl (C=O) groups excluding carboxylic acids is 1. The van der Waals surface area contributed by atoms with Crippen molar-refractivity contribution in [3.05, 3.63) is 80.0 Å². The van der Waals surface area contributed by atoms with Gasteiger partial charge in [-0.3, -0.25) is 4.79 Å². The molecule has 1 heterocycles. The van der Waals surface area contributed by atoms with Crippen molar-refractivity contribution < 1.29 is 26.4 Å². The van der Waals surface area contributed by atoms with Crippen LogP contribution in [0.2, 0.25) is 10.0 Å². The number of nitrogens with one attached hydrogen (secondary N) is 1. The van der Waals surface area contributed by atoms with E-state index in [9.17, 15) is 26.4 Å². The Morgan fingerprint density at radius 1 is 1.00 bits per heavy atom. The average Bonchev–Trinajstić information content (AvgIpc) is 3.16. The quantitative estimate of drug-likeness (QED) is 0.453. The molecule has 30 heavy (non-hydrogen) atoms. The molecule has 1 amide bonds. The first-order valence-electron chi connectivity index (χ1n) is 8.21. The lowest BCUT2D eigenvalue weighted by atomic mass is 10.2. The van der Waals surface area contributed by atoms with E-state index in [2.05, 4.69) is 5.32 Å². The summed E-state index contributed by atoms with van der Waals surface area (Å²) in [6.45, 7) is 0. The molecule has 1 N–H and O–H groups in total. The second-order valence-corrected chi connectivity index (χ2v) is 9.79. The zero-order valence-corrected chi connectivity index (χ0v) is 18.0. The van der Waals surface area contributed by atoms with Crippen LogP contribution in [0.15, 0.2) is 58.8 Å². The van der Waals surface area contributed by atoms with Crippen molar-refractivity contribution >= 4 is 56.0 Å². The van der Waals surface area contributed by atoms with Crippen LogP contribution in [0.25, 0.3) is 0 Å². The SMILES string of the molecule is O=C(Nc1ccc(C(F)(F)F)cc1)c1sccc1S(=O)(=O)Cc1c(Cl)cccc1Cl. The van der Waals surface area contributed by atoms with Crippen LogP contribution in [0.3, 0.4) is 0 Å². The summed E-state index contributed by atoms with van der Waals surface area (Å²) in [6, 6.07) is 9.69. The van der Waals surface area contributed by atoms with E-state index < -0.39 is 33.2 Å². The Balaban J connectivity index is 1.84. The van der Waals surface area contributed by atoms with E-state index in [1.54, 1.807) is 6.07 Å². The summed E-state index contributed by atoms with van der Waals surface area (Å²) in [7, 11) is -3.98. The second-order valence-electron chi connectivity index (χ2n) is 6.10. The lowest BCUT2D eigenvalue weighted by Gasteiger charge is -2.10. The Labute approximate surface area is 184 Å². The summed E-state index contributed by atoms with van der Waals surface area (Å²) in [5, 5.41) is 4.20. The fourth-order valence-corrected chi connectivity index (χ4v) is 6.06. The van der Waals surface area contributed by atoms with Crippen LogP contribution in [-0.2, 0) is 21.8 Å². The maximum Gasteiger partial charge on any atom is 0.416 e. The molecule has 0 bridgehead atoms. The highest BCUT2D eigenvalue weighted by Crippen LogP contribution is 2.32. The van der Waals surface area contributed by atoms with Gasteiger partial charge in [-0.15, -0.1) is 11.3 Å². The van der Waals surface area contributed by atoms with Gasteiger partial charge in [0.2, 0.25) is 0 Å². The zero-order chi connectivity index (χ0) is 22.1. The summed E-state index contributed by atoms with van der Waals surface area (Å²) in [4.78, 5) is 12.3. The average molecular weight is 494 g/mol. The molecule has 0 spiro atoms. The van der Waals surface area contributed by atoms with Crippen LogP contribution in [0.4, 0.5) is 18.9 Å². The van der Waals surface area contributed by atoms with E-state index in [1.807, 2.05) is 0 Å². The summed E-state index contributed by atoms with van der Waals surface area (Å²) >= 11 is 13.0. The van der Waals surface area contributed by atoms with Gasteiger partial charge >= 0.3 is 6.18 Å². The van der Waals surface area contributed by atoms with Crippen LogP contribution in [-0.4, -0.2) is 14.3 Å². The Hall–Kier alpha value is -2.07. The summed E-state index contributed by atoms with van der Waals surface area (Å²) in [5.74, 6) is -1.27. The topological polar surface area (TPSA) is 63.2 Å². The lowest BCUT2D eigenvalue weighted by Crippen LogP contribution is -2.15. The largest absolute Gasteiger partial charge is 0.416 e. The normalized spacial score (nSPS) is 12.0. The van der Waals surface area contributed by atoms with E-state index in [0.29, 0.717) is 0 Å². The van der Waals surface area contributed by atoms with Crippen molar-refractivity contribution in [3.8, 4) is 0 Å². The Morgan fingerprint density at radius 2 is 1.60 bits per heavy atom. The lowest BCUT2D eigenvalue weighted by molar-refractivity contribution is -0.137. The minimum absolute atomic E-state index is 0.0962. The predicted molar refractivity (Wildman–Crippen MR) is 111 cm³/mol. The van der Waals surface area contributed by atoms with Gasteiger partial charge in [0.25, 0.3) is 5.91 Å². The van der Waals surface area contributed by atoms with Gasteiger partial charge in [0.15, 0.2) is 9.84 Å². The third-order valence-electron chi connectivity index (χ3n) is 4.04. The molecular formula is C19H12Cl2F3NO3S2. The fourth-order valence-electron chi connectivity index (χ4n) is 2.58. The Morgan fingerprint density at radius 3 is 2.17 bits per heavy atom. The molecule has 0 atom stereocenters. The molecular weight excluding hydrogens is 482 g/mol.